The summed E-state index contributed by atoms with van der Waals surface area (Å²) in [5.41, 5.74) is 1.61. The van der Waals surface area contributed by atoms with Crippen LogP contribution in [0.1, 0.15) is 0 Å². The molecule has 72 valence electrons. The minimum Gasteiger partial charge on any atom is -0.298 e. The first-order chi connectivity index (χ1) is 6.29. The average molecular weight is 196 g/mol. The summed E-state index contributed by atoms with van der Waals surface area (Å²) in [6.07, 6.45) is 5.47. The van der Waals surface area contributed by atoms with E-state index in [2.05, 4.69) is 19.7 Å². The lowest BCUT2D eigenvalue weighted by molar-refractivity contribution is 0.0939. The van der Waals surface area contributed by atoms with Crippen molar-refractivity contribution in [3.8, 4) is 0 Å². The van der Waals surface area contributed by atoms with E-state index in [0.29, 0.717) is 6.54 Å². The van der Waals surface area contributed by atoms with Gasteiger partial charge in [0.2, 0.25) is 0 Å². The molecule has 0 aliphatic heterocycles. The second-order valence-electron chi connectivity index (χ2n) is 2.47. The second-order valence-corrected chi connectivity index (χ2v) is 2.68. The van der Waals surface area contributed by atoms with Crippen molar-refractivity contribution in [3.63, 3.8) is 0 Å². The maximum absolute atomic E-state index is 4.89. The van der Waals surface area contributed by atoms with Gasteiger partial charge in [0, 0.05) is 13.1 Å². The number of thiocarbonyl (C=S) groups is 1. The van der Waals surface area contributed by atoms with Crippen LogP contribution in [0, 0.1) is 0 Å². The quantitative estimate of drug-likeness (QED) is 0.333. The molecule has 0 aliphatic rings. The number of hydrogen-bond acceptors (Lipinski definition) is 2. The largest absolute Gasteiger partial charge is 0.298 e. The Kier molecular flexibility index (Phi) is 7.15. The van der Waals surface area contributed by atoms with Crippen molar-refractivity contribution in [2.24, 2.45) is 0 Å². The Morgan fingerprint density at radius 1 is 0.923 bits per heavy atom. The first-order valence-corrected chi connectivity index (χ1v) is 4.56. The van der Waals surface area contributed by atoms with E-state index in [1.165, 1.54) is 0 Å². The van der Waals surface area contributed by atoms with Crippen LogP contribution in [-0.2, 0) is 0 Å². The molecule has 0 rings (SSSR count). The zero-order chi connectivity index (χ0) is 10.1. The summed E-state index contributed by atoms with van der Waals surface area (Å²) in [7, 11) is 0. The van der Waals surface area contributed by atoms with Gasteiger partial charge in [0.25, 0.3) is 0 Å². The summed E-state index contributed by atoms with van der Waals surface area (Å²) in [5.74, 6) is 0. The molecule has 0 saturated carbocycles. The van der Waals surface area contributed by atoms with Crippen LogP contribution in [-0.4, -0.2) is 35.1 Å². The molecule has 13 heavy (non-hydrogen) atoms. The molecule has 0 saturated heterocycles. The monoisotopic (exact) mass is 196 g/mol. The van der Waals surface area contributed by atoms with E-state index in [1.54, 1.807) is 5.49 Å². The molecule has 0 N–H and O–H groups in total. The summed E-state index contributed by atoms with van der Waals surface area (Å²) < 4.78 is 0. The van der Waals surface area contributed by atoms with E-state index in [4.69, 9.17) is 12.2 Å². The summed E-state index contributed by atoms with van der Waals surface area (Å²) >= 11 is 4.89. The maximum Gasteiger partial charge on any atom is 0.0794 e. The fourth-order valence-corrected chi connectivity index (χ4v) is 1.16. The molecule has 2 nitrogen and oxygen atoms in total. The third kappa shape index (κ3) is 4.60. The van der Waals surface area contributed by atoms with E-state index < -0.39 is 0 Å². The van der Waals surface area contributed by atoms with E-state index in [0.717, 1.165) is 13.1 Å². The standard InChI is InChI=1S/C10H16N2S/c1-4-7-11(8-5-2)12(10-13)9-6-3/h4-6,10H,1-3,7-9H2. The molecule has 0 heterocycles. The molecule has 0 atom stereocenters. The highest BCUT2D eigenvalue weighted by Gasteiger charge is 2.06. The zero-order valence-electron chi connectivity index (χ0n) is 7.85. The zero-order valence-corrected chi connectivity index (χ0v) is 8.67. The van der Waals surface area contributed by atoms with Gasteiger partial charge >= 0.3 is 0 Å². The number of hydrazine groups is 1. The molecule has 0 aromatic rings. The van der Waals surface area contributed by atoms with Crippen LogP contribution in [0.15, 0.2) is 38.0 Å². The molecular formula is C10H16N2S. The van der Waals surface area contributed by atoms with Gasteiger partial charge in [0.1, 0.15) is 0 Å². The van der Waals surface area contributed by atoms with E-state index in [9.17, 15) is 0 Å². The normalized spacial score (nSPS) is 9.31. The minimum atomic E-state index is 0.713. The molecule has 3 heteroatoms. The third-order valence-electron chi connectivity index (χ3n) is 1.48. The molecule has 0 fully saturated rings. The van der Waals surface area contributed by atoms with Gasteiger partial charge in [0.15, 0.2) is 0 Å². The Morgan fingerprint density at radius 3 is 1.69 bits per heavy atom. The number of hydrogen-bond donors (Lipinski definition) is 0. The van der Waals surface area contributed by atoms with Crippen molar-refractivity contribution >= 4 is 17.7 Å². The van der Waals surface area contributed by atoms with Crippen molar-refractivity contribution in [3.05, 3.63) is 38.0 Å². The van der Waals surface area contributed by atoms with Crippen LogP contribution in [0.25, 0.3) is 0 Å². The summed E-state index contributed by atoms with van der Waals surface area (Å²) in [6.45, 7) is 13.3. The predicted molar refractivity (Wildman–Crippen MR) is 62.5 cm³/mol. The Hall–Kier alpha value is -0.930. The Balaban J connectivity index is 4.25. The predicted octanol–water partition coefficient (Wildman–Crippen LogP) is 2.02. The van der Waals surface area contributed by atoms with Gasteiger partial charge in [-0.15, -0.1) is 19.7 Å². The summed E-state index contributed by atoms with van der Waals surface area (Å²) in [4.78, 5) is 0. The van der Waals surface area contributed by atoms with Gasteiger partial charge < -0.3 is 0 Å². The first kappa shape index (κ1) is 12.1. The van der Waals surface area contributed by atoms with E-state index in [-0.39, 0.29) is 0 Å². The lowest BCUT2D eigenvalue weighted by Gasteiger charge is -2.30. The third-order valence-corrected chi connectivity index (χ3v) is 1.72. The summed E-state index contributed by atoms with van der Waals surface area (Å²) in [6, 6.07) is 0. The lowest BCUT2D eigenvalue weighted by Crippen LogP contribution is -2.41. The molecular weight excluding hydrogens is 180 g/mol. The highest BCUT2D eigenvalue weighted by Crippen LogP contribution is 1.96. The van der Waals surface area contributed by atoms with Gasteiger partial charge in [-0.2, -0.15) is 0 Å². The highest BCUT2D eigenvalue weighted by molar-refractivity contribution is 7.78. The Morgan fingerprint density at radius 2 is 1.38 bits per heavy atom. The second kappa shape index (κ2) is 7.71. The van der Waals surface area contributed by atoms with Gasteiger partial charge in [-0.05, 0) is 0 Å². The molecule has 0 spiro atoms. The fourth-order valence-electron chi connectivity index (χ4n) is 0.940. The maximum atomic E-state index is 4.89. The Labute approximate surface area is 85.8 Å². The van der Waals surface area contributed by atoms with Crippen LogP contribution in [0.5, 0.6) is 0 Å². The van der Waals surface area contributed by atoms with Crippen molar-refractivity contribution in [2.75, 3.05) is 19.6 Å². The molecule has 0 bridgehead atoms. The molecule has 0 amide bonds. The summed E-state index contributed by atoms with van der Waals surface area (Å²) in [5, 5.41) is 3.94. The fraction of sp³-hybridized carbons (Fsp3) is 0.300. The minimum absolute atomic E-state index is 0.713. The van der Waals surface area contributed by atoms with E-state index >= 15 is 0 Å². The van der Waals surface area contributed by atoms with Gasteiger partial charge in [-0.25, -0.2) is 5.01 Å². The van der Waals surface area contributed by atoms with Crippen LogP contribution in [0.2, 0.25) is 0 Å². The first-order valence-electron chi connectivity index (χ1n) is 4.09. The van der Waals surface area contributed by atoms with Gasteiger partial charge in [-0.1, -0.05) is 30.4 Å². The SMILES string of the molecule is C=CCN(C=S)N(CC=C)CC=C. The van der Waals surface area contributed by atoms with E-state index in [1.807, 2.05) is 28.2 Å². The number of nitrogens with zero attached hydrogens (tertiary/aromatic N) is 2. The van der Waals surface area contributed by atoms with Crippen LogP contribution in [0.3, 0.4) is 0 Å². The van der Waals surface area contributed by atoms with Crippen molar-refractivity contribution in [1.82, 2.24) is 10.0 Å². The topological polar surface area (TPSA) is 6.48 Å². The molecule has 0 aromatic heterocycles. The van der Waals surface area contributed by atoms with Crippen molar-refractivity contribution in [2.45, 2.75) is 0 Å². The Bertz CT molecular complexity index is 179. The van der Waals surface area contributed by atoms with Crippen LogP contribution in [0.4, 0.5) is 0 Å². The van der Waals surface area contributed by atoms with Crippen LogP contribution >= 0.6 is 12.2 Å². The van der Waals surface area contributed by atoms with Crippen molar-refractivity contribution < 1.29 is 0 Å². The van der Waals surface area contributed by atoms with Gasteiger partial charge in [-0.3, -0.25) is 5.01 Å². The van der Waals surface area contributed by atoms with Crippen molar-refractivity contribution in [1.29, 1.82) is 0 Å². The molecule has 0 radical (unpaired) electrons. The number of rotatable bonds is 8. The van der Waals surface area contributed by atoms with Gasteiger partial charge in [0.05, 0.1) is 12.0 Å². The molecule has 0 aliphatic carbocycles. The molecule has 0 unspecified atom stereocenters. The smallest absolute Gasteiger partial charge is 0.0794 e. The highest BCUT2D eigenvalue weighted by atomic mass is 32.1. The van der Waals surface area contributed by atoms with Crippen LogP contribution < -0.4 is 0 Å². The average Bonchev–Trinajstić information content (AvgIpc) is 2.14. The molecule has 0 aromatic carbocycles. The lowest BCUT2D eigenvalue weighted by atomic mass is 10.5.